The highest BCUT2D eigenvalue weighted by Gasteiger charge is 2.28. The Kier molecular flexibility index (Phi) is 3.22. The molecule has 0 atom stereocenters. The molecule has 4 nitrogen and oxygen atoms in total. The minimum atomic E-state index is -0.0692. The van der Waals surface area contributed by atoms with Gasteiger partial charge in [-0.25, -0.2) is 0 Å². The monoisotopic (exact) mass is 280 g/mol. The molecule has 2 amide bonds. The second kappa shape index (κ2) is 5.05. The van der Waals surface area contributed by atoms with Gasteiger partial charge in [0.1, 0.15) is 0 Å². The summed E-state index contributed by atoms with van der Waals surface area (Å²) >= 11 is 0. The van der Waals surface area contributed by atoms with Gasteiger partial charge in [0.2, 0.25) is 11.8 Å². The third-order valence-corrected chi connectivity index (χ3v) is 3.67. The van der Waals surface area contributed by atoms with Crippen LogP contribution in [0.25, 0.3) is 0 Å². The molecule has 106 valence electrons. The largest absolute Gasteiger partial charge is 0.306 e. The van der Waals surface area contributed by atoms with Crippen LogP contribution in [0, 0.1) is 0 Å². The molecule has 1 aliphatic rings. The molecule has 3 rings (SSSR count). The molecule has 0 aliphatic carbocycles. The van der Waals surface area contributed by atoms with Crippen LogP contribution in [0.1, 0.15) is 19.4 Å². The van der Waals surface area contributed by atoms with Gasteiger partial charge in [-0.2, -0.15) is 0 Å². The molecule has 0 saturated heterocycles. The summed E-state index contributed by atoms with van der Waals surface area (Å²) in [5.41, 5.74) is 3.29. The zero-order valence-electron chi connectivity index (χ0n) is 12.0. The Bertz CT molecular complexity index is 724. The molecule has 0 aromatic heterocycles. The number of rotatable bonds is 0. The van der Waals surface area contributed by atoms with Crippen LogP contribution in [0.5, 0.6) is 0 Å². The Hall–Kier alpha value is -2.62. The first-order valence-electron chi connectivity index (χ1n) is 6.85. The Morgan fingerprint density at radius 3 is 2.00 bits per heavy atom. The fraction of sp³-hybridized carbons (Fsp3) is 0.176. The summed E-state index contributed by atoms with van der Waals surface area (Å²) < 4.78 is 0. The summed E-state index contributed by atoms with van der Waals surface area (Å²) in [6.07, 6.45) is 0. The van der Waals surface area contributed by atoms with Gasteiger partial charge < -0.3 is 4.90 Å². The third kappa shape index (κ3) is 2.18. The van der Waals surface area contributed by atoms with Crippen LogP contribution in [0.4, 0.5) is 17.1 Å². The van der Waals surface area contributed by atoms with E-state index in [1.807, 2.05) is 48.5 Å². The van der Waals surface area contributed by atoms with Gasteiger partial charge >= 0.3 is 0 Å². The number of fused-ring (bicyclic) bond motifs is 2. The molecule has 0 N–H and O–H groups in total. The topological polar surface area (TPSA) is 40.6 Å². The van der Waals surface area contributed by atoms with E-state index >= 15 is 0 Å². The summed E-state index contributed by atoms with van der Waals surface area (Å²) in [4.78, 5) is 27.6. The van der Waals surface area contributed by atoms with E-state index in [0.29, 0.717) is 6.54 Å². The quantitative estimate of drug-likeness (QED) is 0.743. The minimum Gasteiger partial charge on any atom is -0.306 e. The van der Waals surface area contributed by atoms with E-state index in [-0.39, 0.29) is 11.8 Å². The van der Waals surface area contributed by atoms with E-state index in [9.17, 15) is 9.59 Å². The standard InChI is InChI=1S/C17H16N2O2/c1-12(20)18-11-14-7-3-4-8-15(14)19(13(2)21)17-10-6-5-9-16(17)18/h3-10H,11H2,1-2H3. The lowest BCUT2D eigenvalue weighted by molar-refractivity contribution is -0.117. The van der Waals surface area contributed by atoms with Crippen molar-refractivity contribution in [2.45, 2.75) is 20.4 Å². The zero-order chi connectivity index (χ0) is 15.0. The number of hydrogen-bond donors (Lipinski definition) is 0. The summed E-state index contributed by atoms with van der Waals surface area (Å²) in [6.45, 7) is 3.55. The van der Waals surface area contributed by atoms with Crippen LogP contribution in [0.15, 0.2) is 48.5 Å². The molecule has 0 unspecified atom stereocenters. The van der Waals surface area contributed by atoms with Crippen LogP contribution >= 0.6 is 0 Å². The smallest absolute Gasteiger partial charge is 0.228 e. The highest BCUT2D eigenvalue weighted by atomic mass is 16.2. The maximum Gasteiger partial charge on any atom is 0.228 e. The van der Waals surface area contributed by atoms with Gasteiger partial charge in [-0.05, 0) is 23.8 Å². The van der Waals surface area contributed by atoms with Gasteiger partial charge in [0, 0.05) is 13.8 Å². The lowest BCUT2D eigenvalue weighted by Crippen LogP contribution is -2.27. The molecule has 0 spiro atoms. The van der Waals surface area contributed by atoms with Crippen molar-refractivity contribution in [3.8, 4) is 0 Å². The number of nitrogens with zero attached hydrogens (tertiary/aromatic N) is 2. The van der Waals surface area contributed by atoms with Crippen molar-refractivity contribution in [1.29, 1.82) is 0 Å². The number of para-hydroxylation sites is 3. The van der Waals surface area contributed by atoms with Crippen LogP contribution in [-0.4, -0.2) is 11.8 Å². The summed E-state index contributed by atoms with van der Waals surface area (Å²) in [6, 6.07) is 15.2. The number of hydrogen-bond acceptors (Lipinski definition) is 2. The van der Waals surface area contributed by atoms with Gasteiger partial charge in [-0.3, -0.25) is 14.5 Å². The first kappa shape index (κ1) is 13.4. The molecule has 4 heteroatoms. The van der Waals surface area contributed by atoms with Gasteiger partial charge in [-0.15, -0.1) is 0 Å². The van der Waals surface area contributed by atoms with Crippen LogP contribution in [0.2, 0.25) is 0 Å². The molecule has 0 bridgehead atoms. The molecular weight excluding hydrogens is 264 g/mol. The number of amides is 2. The normalized spacial score (nSPS) is 13.2. The van der Waals surface area contributed by atoms with Crippen molar-refractivity contribution in [3.05, 3.63) is 54.1 Å². The van der Waals surface area contributed by atoms with Crippen LogP contribution in [0.3, 0.4) is 0 Å². The first-order valence-corrected chi connectivity index (χ1v) is 6.85. The number of carbonyl (C=O) groups is 2. The Morgan fingerprint density at radius 2 is 1.38 bits per heavy atom. The van der Waals surface area contributed by atoms with E-state index in [2.05, 4.69) is 0 Å². The minimum absolute atomic E-state index is 0.0392. The van der Waals surface area contributed by atoms with Crippen molar-refractivity contribution < 1.29 is 9.59 Å². The van der Waals surface area contributed by atoms with Crippen molar-refractivity contribution >= 4 is 28.9 Å². The molecule has 0 fully saturated rings. The number of anilines is 3. The highest BCUT2D eigenvalue weighted by Crippen LogP contribution is 2.40. The summed E-state index contributed by atoms with van der Waals surface area (Å²) in [5, 5.41) is 0. The SMILES string of the molecule is CC(=O)N1Cc2ccccc2N(C(C)=O)c2ccccc21. The zero-order valence-corrected chi connectivity index (χ0v) is 12.0. The molecule has 2 aromatic rings. The lowest BCUT2D eigenvalue weighted by Gasteiger charge is -2.24. The predicted octanol–water partition coefficient (Wildman–Crippen LogP) is 3.24. The average Bonchev–Trinajstić information content (AvgIpc) is 2.61. The van der Waals surface area contributed by atoms with Crippen LogP contribution < -0.4 is 9.80 Å². The molecule has 1 heterocycles. The van der Waals surface area contributed by atoms with E-state index < -0.39 is 0 Å². The molecule has 2 aromatic carbocycles. The Labute approximate surface area is 123 Å². The van der Waals surface area contributed by atoms with Gasteiger partial charge in [0.15, 0.2) is 0 Å². The summed E-state index contributed by atoms with van der Waals surface area (Å²) in [7, 11) is 0. The maximum absolute atomic E-state index is 12.2. The maximum atomic E-state index is 12.2. The summed E-state index contributed by atoms with van der Waals surface area (Å²) in [5.74, 6) is -0.108. The van der Waals surface area contributed by atoms with Gasteiger partial charge in [0.25, 0.3) is 0 Å². The Morgan fingerprint density at radius 1 is 0.810 bits per heavy atom. The van der Waals surface area contributed by atoms with E-state index in [0.717, 1.165) is 22.6 Å². The van der Waals surface area contributed by atoms with Crippen molar-refractivity contribution in [2.75, 3.05) is 9.80 Å². The second-order valence-corrected chi connectivity index (χ2v) is 5.08. The highest BCUT2D eigenvalue weighted by molar-refractivity contribution is 6.07. The number of benzene rings is 2. The second-order valence-electron chi connectivity index (χ2n) is 5.08. The van der Waals surface area contributed by atoms with Crippen molar-refractivity contribution in [3.63, 3.8) is 0 Å². The molecule has 1 aliphatic heterocycles. The van der Waals surface area contributed by atoms with E-state index in [1.165, 1.54) is 6.92 Å². The van der Waals surface area contributed by atoms with Crippen LogP contribution in [-0.2, 0) is 16.1 Å². The fourth-order valence-corrected chi connectivity index (χ4v) is 2.75. The molecule has 0 saturated carbocycles. The van der Waals surface area contributed by atoms with Crippen molar-refractivity contribution in [1.82, 2.24) is 0 Å². The van der Waals surface area contributed by atoms with E-state index in [1.54, 1.807) is 16.7 Å². The average molecular weight is 280 g/mol. The number of carbonyl (C=O) groups excluding carboxylic acids is 2. The van der Waals surface area contributed by atoms with E-state index in [4.69, 9.17) is 0 Å². The fourth-order valence-electron chi connectivity index (χ4n) is 2.75. The lowest BCUT2D eigenvalue weighted by atomic mass is 10.1. The first-order chi connectivity index (χ1) is 10.1. The third-order valence-electron chi connectivity index (χ3n) is 3.67. The predicted molar refractivity (Wildman–Crippen MR) is 82.6 cm³/mol. The van der Waals surface area contributed by atoms with Gasteiger partial charge in [-0.1, -0.05) is 30.3 Å². The molecule has 21 heavy (non-hydrogen) atoms. The van der Waals surface area contributed by atoms with Gasteiger partial charge in [0.05, 0.1) is 23.6 Å². The van der Waals surface area contributed by atoms with Crippen molar-refractivity contribution in [2.24, 2.45) is 0 Å². The molecule has 0 radical (unpaired) electrons. The Balaban J connectivity index is 2.31. The molecular formula is C17H16N2O2.